The number of rotatable bonds is 1. The number of piperidine rings is 1. The summed E-state index contributed by atoms with van der Waals surface area (Å²) in [4.78, 5) is 14.4. The molecule has 2 unspecified atom stereocenters. The molecule has 0 radical (unpaired) electrons. The molecule has 1 aliphatic heterocycles. The van der Waals surface area contributed by atoms with Crippen LogP contribution in [0.3, 0.4) is 0 Å². The van der Waals surface area contributed by atoms with Crippen LogP contribution in [0.15, 0.2) is 0 Å². The zero-order chi connectivity index (χ0) is 10.8. The average molecular weight is 209 g/mol. The molecule has 0 spiro atoms. The second kappa shape index (κ2) is 4.65. The molecular formula is C13H23NO. The molecule has 1 aliphatic carbocycles. The Hall–Kier alpha value is -0.370. The predicted octanol–water partition coefficient (Wildman–Crippen LogP) is 2.33. The van der Waals surface area contributed by atoms with E-state index in [4.69, 9.17) is 0 Å². The minimum absolute atomic E-state index is 0.396. The van der Waals surface area contributed by atoms with Gasteiger partial charge >= 0.3 is 0 Å². The van der Waals surface area contributed by atoms with Gasteiger partial charge in [0.1, 0.15) is 5.78 Å². The van der Waals surface area contributed by atoms with Gasteiger partial charge in [-0.15, -0.1) is 0 Å². The molecule has 0 aromatic heterocycles. The zero-order valence-electron chi connectivity index (χ0n) is 10.0. The van der Waals surface area contributed by atoms with E-state index in [1.165, 1.54) is 32.4 Å². The molecule has 0 aromatic carbocycles. The second-order valence-corrected chi connectivity index (χ2v) is 5.50. The van der Waals surface area contributed by atoms with E-state index in [2.05, 4.69) is 18.9 Å². The van der Waals surface area contributed by atoms with E-state index in [-0.39, 0.29) is 0 Å². The monoisotopic (exact) mass is 209 g/mol. The van der Waals surface area contributed by atoms with Crippen LogP contribution in [0.25, 0.3) is 0 Å². The summed E-state index contributed by atoms with van der Waals surface area (Å²) in [5.41, 5.74) is 0. The molecule has 0 amide bonds. The highest BCUT2D eigenvalue weighted by atomic mass is 16.1. The number of hydrogen-bond acceptors (Lipinski definition) is 2. The van der Waals surface area contributed by atoms with Gasteiger partial charge in [-0.25, -0.2) is 0 Å². The molecule has 1 saturated carbocycles. The summed E-state index contributed by atoms with van der Waals surface area (Å²) in [6, 6.07) is 0. The Kier molecular flexibility index (Phi) is 3.45. The number of hydrogen-bond donors (Lipinski definition) is 0. The van der Waals surface area contributed by atoms with Gasteiger partial charge in [0.2, 0.25) is 0 Å². The molecule has 1 saturated heterocycles. The Balaban J connectivity index is 1.98. The van der Waals surface area contributed by atoms with Gasteiger partial charge in [-0.2, -0.15) is 0 Å². The summed E-state index contributed by atoms with van der Waals surface area (Å²) in [6.45, 7) is 4.64. The van der Waals surface area contributed by atoms with Crippen LogP contribution in [0.5, 0.6) is 0 Å². The number of carbonyl (C=O) groups excluding carboxylic acids is 1. The Morgan fingerprint density at radius 1 is 1.20 bits per heavy atom. The third-order valence-electron chi connectivity index (χ3n) is 4.34. The number of ketones is 1. The summed E-state index contributed by atoms with van der Waals surface area (Å²) in [7, 11) is 2.18. The Morgan fingerprint density at radius 3 is 2.47 bits per heavy atom. The zero-order valence-corrected chi connectivity index (χ0v) is 10.0. The lowest BCUT2D eigenvalue weighted by atomic mass is 9.69. The first-order valence-corrected chi connectivity index (χ1v) is 6.39. The van der Waals surface area contributed by atoms with Crippen molar-refractivity contribution in [2.24, 2.45) is 17.8 Å². The highest BCUT2D eigenvalue weighted by Crippen LogP contribution is 2.37. The fourth-order valence-electron chi connectivity index (χ4n) is 3.38. The van der Waals surface area contributed by atoms with Crippen molar-refractivity contribution in [3.8, 4) is 0 Å². The molecule has 0 bridgehead atoms. The molecule has 0 N–H and O–H groups in total. The van der Waals surface area contributed by atoms with E-state index in [0.717, 1.165) is 12.8 Å². The minimum atomic E-state index is 0.396. The first-order valence-electron chi connectivity index (χ1n) is 6.39. The minimum Gasteiger partial charge on any atom is -0.306 e. The van der Waals surface area contributed by atoms with Crippen molar-refractivity contribution in [1.29, 1.82) is 0 Å². The molecule has 1 heterocycles. The molecule has 15 heavy (non-hydrogen) atoms. The van der Waals surface area contributed by atoms with E-state index >= 15 is 0 Å². The lowest BCUT2D eigenvalue weighted by Crippen LogP contribution is -2.39. The highest BCUT2D eigenvalue weighted by molar-refractivity contribution is 5.82. The van der Waals surface area contributed by atoms with Crippen molar-refractivity contribution in [3.05, 3.63) is 0 Å². The summed E-state index contributed by atoms with van der Waals surface area (Å²) in [5.74, 6) is 2.28. The van der Waals surface area contributed by atoms with Gasteiger partial charge in [0, 0.05) is 12.3 Å². The second-order valence-electron chi connectivity index (χ2n) is 5.50. The summed E-state index contributed by atoms with van der Waals surface area (Å²) in [5, 5.41) is 0. The molecular weight excluding hydrogens is 186 g/mol. The Morgan fingerprint density at radius 2 is 1.87 bits per heavy atom. The van der Waals surface area contributed by atoms with Crippen molar-refractivity contribution in [2.75, 3.05) is 20.1 Å². The molecule has 86 valence electrons. The molecule has 2 rings (SSSR count). The molecule has 0 aromatic rings. The molecule has 2 nitrogen and oxygen atoms in total. The first kappa shape index (κ1) is 11.1. The van der Waals surface area contributed by atoms with Gasteiger partial charge < -0.3 is 4.90 Å². The predicted molar refractivity (Wildman–Crippen MR) is 61.7 cm³/mol. The van der Waals surface area contributed by atoms with Gasteiger partial charge in [0.25, 0.3) is 0 Å². The maximum absolute atomic E-state index is 12.0. The quantitative estimate of drug-likeness (QED) is 0.660. The maximum Gasteiger partial charge on any atom is 0.136 e. The van der Waals surface area contributed by atoms with Crippen LogP contribution in [0.4, 0.5) is 0 Å². The van der Waals surface area contributed by atoms with Crippen molar-refractivity contribution in [3.63, 3.8) is 0 Å². The molecule has 2 aliphatic rings. The number of nitrogens with zero attached hydrogens (tertiary/aromatic N) is 1. The largest absolute Gasteiger partial charge is 0.306 e. The third kappa shape index (κ3) is 2.41. The summed E-state index contributed by atoms with van der Waals surface area (Å²) >= 11 is 0. The number of carbonyl (C=O) groups is 1. The van der Waals surface area contributed by atoms with Crippen LogP contribution in [0.1, 0.15) is 39.0 Å². The van der Waals surface area contributed by atoms with Crippen LogP contribution in [-0.4, -0.2) is 30.8 Å². The average Bonchev–Trinajstić information content (AvgIpc) is 2.20. The fraction of sp³-hybridized carbons (Fsp3) is 0.923. The third-order valence-corrected chi connectivity index (χ3v) is 4.34. The van der Waals surface area contributed by atoms with Gasteiger partial charge in [-0.1, -0.05) is 6.92 Å². The van der Waals surface area contributed by atoms with Crippen LogP contribution < -0.4 is 0 Å². The lowest BCUT2D eigenvalue weighted by Gasteiger charge is -2.38. The summed E-state index contributed by atoms with van der Waals surface area (Å²) in [6.07, 6.45) is 5.71. The van der Waals surface area contributed by atoms with Crippen molar-refractivity contribution in [2.45, 2.75) is 39.0 Å². The fourth-order valence-corrected chi connectivity index (χ4v) is 3.38. The van der Waals surface area contributed by atoms with Gasteiger partial charge in [-0.05, 0) is 57.7 Å². The van der Waals surface area contributed by atoms with Crippen LogP contribution in [0, 0.1) is 17.8 Å². The van der Waals surface area contributed by atoms with Crippen LogP contribution in [-0.2, 0) is 4.79 Å². The maximum atomic E-state index is 12.0. The molecule has 2 heteroatoms. The van der Waals surface area contributed by atoms with E-state index in [9.17, 15) is 4.79 Å². The van der Waals surface area contributed by atoms with E-state index in [1.54, 1.807) is 0 Å². The highest BCUT2D eigenvalue weighted by Gasteiger charge is 2.36. The van der Waals surface area contributed by atoms with Crippen molar-refractivity contribution < 1.29 is 4.79 Å². The van der Waals surface area contributed by atoms with E-state index < -0.39 is 0 Å². The SMILES string of the molecule is CC1CCCC(=O)C1C1CCN(C)CC1. The number of Topliss-reactive ketones (excluding diaryl/α,β-unsaturated/α-hetero) is 1. The lowest BCUT2D eigenvalue weighted by molar-refractivity contribution is -0.129. The van der Waals surface area contributed by atoms with Crippen molar-refractivity contribution >= 4 is 5.78 Å². The standard InChI is InChI=1S/C13H23NO/c1-10-4-3-5-12(15)13(10)11-6-8-14(2)9-7-11/h10-11,13H,3-9H2,1-2H3. The normalized spacial score (nSPS) is 35.7. The van der Waals surface area contributed by atoms with Crippen molar-refractivity contribution in [1.82, 2.24) is 4.90 Å². The van der Waals surface area contributed by atoms with Gasteiger partial charge in [0.05, 0.1) is 0 Å². The van der Waals surface area contributed by atoms with Crippen LogP contribution in [0.2, 0.25) is 0 Å². The first-order chi connectivity index (χ1) is 7.18. The van der Waals surface area contributed by atoms with E-state index in [0.29, 0.717) is 23.5 Å². The number of likely N-dealkylation sites (tertiary alicyclic amines) is 1. The molecule has 2 atom stereocenters. The Labute approximate surface area is 93.0 Å². The van der Waals surface area contributed by atoms with Gasteiger partial charge in [-0.3, -0.25) is 4.79 Å². The smallest absolute Gasteiger partial charge is 0.136 e. The topological polar surface area (TPSA) is 20.3 Å². The van der Waals surface area contributed by atoms with E-state index in [1.807, 2.05) is 0 Å². The Bertz CT molecular complexity index is 231. The van der Waals surface area contributed by atoms with Gasteiger partial charge in [0.15, 0.2) is 0 Å². The van der Waals surface area contributed by atoms with Crippen LogP contribution >= 0.6 is 0 Å². The molecule has 2 fully saturated rings. The summed E-state index contributed by atoms with van der Waals surface area (Å²) < 4.78 is 0.